The molecule has 132 valence electrons. The lowest BCUT2D eigenvalue weighted by Gasteiger charge is -2.37. The topological polar surface area (TPSA) is 26.8 Å². The molecule has 0 aromatic rings. The monoisotopic (exact) mass is 313 g/mol. The largest absolute Gasteiger partial charge is 0.323 e. The first-order valence-corrected chi connectivity index (χ1v) is 9.04. The maximum atomic E-state index is 13.0. The van der Waals surface area contributed by atoms with Crippen molar-refractivity contribution in [2.45, 2.75) is 73.9 Å². The van der Waals surface area contributed by atoms with Crippen molar-refractivity contribution in [2.75, 3.05) is 32.7 Å². The fourth-order valence-electron chi connectivity index (χ4n) is 2.72. The van der Waals surface area contributed by atoms with E-state index in [1.165, 1.54) is 0 Å². The van der Waals surface area contributed by atoms with Crippen LogP contribution in [0.25, 0.3) is 0 Å². The second-order valence-electron chi connectivity index (χ2n) is 7.07. The molecule has 22 heavy (non-hydrogen) atoms. The lowest BCUT2D eigenvalue weighted by atomic mass is 10.1. The molecule has 0 saturated heterocycles. The predicted molar refractivity (Wildman–Crippen MR) is 96.3 cm³/mol. The molecular formula is C18H39N3O. The van der Waals surface area contributed by atoms with Gasteiger partial charge in [-0.15, -0.1) is 0 Å². The van der Waals surface area contributed by atoms with E-state index >= 15 is 0 Å². The van der Waals surface area contributed by atoms with Crippen LogP contribution in [0.15, 0.2) is 0 Å². The third-order valence-electron chi connectivity index (χ3n) is 4.16. The Labute approximate surface area is 138 Å². The van der Waals surface area contributed by atoms with E-state index in [9.17, 15) is 4.79 Å². The minimum Gasteiger partial charge on any atom is -0.323 e. The number of hydrogen-bond donors (Lipinski definition) is 0. The van der Waals surface area contributed by atoms with Crippen LogP contribution in [0.5, 0.6) is 0 Å². The molecule has 0 aromatic heterocycles. The number of carbonyl (C=O) groups excluding carboxylic acids is 1. The molecule has 4 heteroatoms. The maximum absolute atomic E-state index is 13.0. The zero-order valence-electron chi connectivity index (χ0n) is 16.2. The Morgan fingerprint density at radius 2 is 1.32 bits per heavy atom. The van der Waals surface area contributed by atoms with Crippen molar-refractivity contribution in [3.63, 3.8) is 0 Å². The van der Waals surface area contributed by atoms with Crippen molar-refractivity contribution in [1.29, 1.82) is 0 Å². The Morgan fingerprint density at radius 3 is 1.68 bits per heavy atom. The number of hydrogen-bond acceptors (Lipinski definition) is 2. The normalized spacial score (nSPS) is 11.8. The molecule has 0 aliphatic heterocycles. The number of nitrogens with zero attached hydrogens (tertiary/aromatic N) is 3. The molecule has 0 spiro atoms. The second kappa shape index (κ2) is 10.9. The number of carbonyl (C=O) groups is 1. The molecule has 0 aliphatic carbocycles. The molecule has 0 rings (SSSR count). The standard InChI is InChI=1S/C18H39N3O/c1-9-19(10-2)13-14-20(12-11-15(3)4)18(22)21(16(5)6)17(7)8/h15-17H,9-14H2,1-8H3. The highest BCUT2D eigenvalue weighted by atomic mass is 16.2. The fourth-order valence-corrected chi connectivity index (χ4v) is 2.72. The highest BCUT2D eigenvalue weighted by molar-refractivity contribution is 5.75. The summed E-state index contributed by atoms with van der Waals surface area (Å²) < 4.78 is 0. The van der Waals surface area contributed by atoms with Gasteiger partial charge in [0, 0.05) is 31.7 Å². The van der Waals surface area contributed by atoms with Gasteiger partial charge in [0.15, 0.2) is 0 Å². The first-order chi connectivity index (χ1) is 10.2. The minimum absolute atomic E-state index is 0.192. The van der Waals surface area contributed by atoms with Crippen LogP contribution < -0.4 is 0 Å². The molecule has 0 N–H and O–H groups in total. The van der Waals surface area contributed by atoms with E-state index in [1.54, 1.807) is 0 Å². The van der Waals surface area contributed by atoms with Crippen LogP contribution in [0.2, 0.25) is 0 Å². The van der Waals surface area contributed by atoms with Crippen molar-refractivity contribution in [3.05, 3.63) is 0 Å². The Kier molecular flexibility index (Phi) is 10.5. The summed E-state index contributed by atoms with van der Waals surface area (Å²) in [5.74, 6) is 0.621. The summed E-state index contributed by atoms with van der Waals surface area (Å²) in [6.07, 6.45) is 1.06. The van der Waals surface area contributed by atoms with Crippen LogP contribution >= 0.6 is 0 Å². The van der Waals surface area contributed by atoms with E-state index in [1.807, 2.05) is 4.90 Å². The van der Waals surface area contributed by atoms with Gasteiger partial charge in [0.2, 0.25) is 0 Å². The Hall–Kier alpha value is -0.770. The number of rotatable bonds is 10. The molecule has 0 heterocycles. The fraction of sp³-hybridized carbons (Fsp3) is 0.944. The third-order valence-corrected chi connectivity index (χ3v) is 4.16. The first-order valence-electron chi connectivity index (χ1n) is 9.04. The van der Waals surface area contributed by atoms with Crippen molar-refractivity contribution >= 4 is 6.03 Å². The van der Waals surface area contributed by atoms with Gasteiger partial charge >= 0.3 is 6.03 Å². The summed E-state index contributed by atoms with van der Waals surface area (Å²) in [7, 11) is 0. The lowest BCUT2D eigenvalue weighted by Crippen LogP contribution is -2.51. The van der Waals surface area contributed by atoms with E-state index in [0.717, 1.165) is 39.1 Å². The molecule has 0 aromatic carbocycles. The van der Waals surface area contributed by atoms with E-state index in [0.29, 0.717) is 5.92 Å². The van der Waals surface area contributed by atoms with E-state index in [-0.39, 0.29) is 18.1 Å². The number of likely N-dealkylation sites (N-methyl/N-ethyl adjacent to an activating group) is 1. The SMILES string of the molecule is CCN(CC)CCN(CCC(C)C)C(=O)N(C(C)C)C(C)C. The summed E-state index contributed by atoms with van der Waals surface area (Å²) >= 11 is 0. The van der Waals surface area contributed by atoms with Gasteiger partial charge in [-0.2, -0.15) is 0 Å². The van der Waals surface area contributed by atoms with Gasteiger partial charge in [-0.05, 0) is 53.1 Å². The summed E-state index contributed by atoms with van der Waals surface area (Å²) in [5, 5.41) is 0. The lowest BCUT2D eigenvalue weighted by molar-refractivity contribution is 0.117. The Bertz CT molecular complexity index is 291. The average molecular weight is 314 g/mol. The molecule has 0 saturated carbocycles. The van der Waals surface area contributed by atoms with E-state index in [4.69, 9.17) is 0 Å². The quantitative estimate of drug-likeness (QED) is 0.611. The maximum Gasteiger partial charge on any atom is 0.320 e. The minimum atomic E-state index is 0.192. The first kappa shape index (κ1) is 21.2. The molecule has 0 radical (unpaired) electrons. The van der Waals surface area contributed by atoms with Gasteiger partial charge < -0.3 is 14.7 Å². The van der Waals surface area contributed by atoms with Gasteiger partial charge in [0.1, 0.15) is 0 Å². The van der Waals surface area contributed by atoms with Gasteiger partial charge in [0.05, 0.1) is 0 Å². The van der Waals surface area contributed by atoms with Crippen molar-refractivity contribution in [2.24, 2.45) is 5.92 Å². The van der Waals surface area contributed by atoms with Gasteiger partial charge in [-0.1, -0.05) is 27.7 Å². The predicted octanol–water partition coefficient (Wildman–Crippen LogP) is 3.92. The van der Waals surface area contributed by atoms with E-state index < -0.39 is 0 Å². The molecule has 0 fully saturated rings. The van der Waals surface area contributed by atoms with Gasteiger partial charge in [-0.3, -0.25) is 0 Å². The molecule has 4 nitrogen and oxygen atoms in total. The highest BCUT2D eigenvalue weighted by Gasteiger charge is 2.25. The molecule has 0 atom stereocenters. The Balaban J connectivity index is 4.91. The zero-order valence-corrected chi connectivity index (χ0v) is 16.2. The van der Waals surface area contributed by atoms with Crippen molar-refractivity contribution < 1.29 is 4.79 Å². The van der Waals surface area contributed by atoms with Crippen molar-refractivity contribution in [1.82, 2.24) is 14.7 Å². The summed E-state index contributed by atoms with van der Waals surface area (Å²) in [6.45, 7) is 21.9. The number of amides is 2. The van der Waals surface area contributed by atoms with Gasteiger partial charge in [-0.25, -0.2) is 4.79 Å². The van der Waals surface area contributed by atoms with Gasteiger partial charge in [0.25, 0.3) is 0 Å². The molecule has 2 amide bonds. The zero-order chi connectivity index (χ0) is 17.3. The average Bonchev–Trinajstić information content (AvgIpc) is 2.41. The van der Waals surface area contributed by atoms with Crippen molar-refractivity contribution in [3.8, 4) is 0 Å². The molecule has 0 aliphatic rings. The van der Waals surface area contributed by atoms with E-state index in [2.05, 4.69) is 65.2 Å². The van der Waals surface area contributed by atoms with Crippen LogP contribution in [-0.2, 0) is 0 Å². The van der Waals surface area contributed by atoms with Crippen LogP contribution in [0.3, 0.4) is 0 Å². The van der Waals surface area contributed by atoms with Crippen LogP contribution in [0.4, 0.5) is 4.79 Å². The smallest absolute Gasteiger partial charge is 0.320 e. The Morgan fingerprint density at radius 1 is 0.818 bits per heavy atom. The second-order valence-corrected chi connectivity index (χ2v) is 7.07. The van der Waals surface area contributed by atoms with Crippen LogP contribution in [0, 0.1) is 5.92 Å². The molecular weight excluding hydrogens is 274 g/mol. The van der Waals surface area contributed by atoms with Crippen LogP contribution in [0.1, 0.15) is 61.8 Å². The molecule has 0 bridgehead atoms. The summed E-state index contributed by atoms with van der Waals surface area (Å²) in [5.41, 5.74) is 0. The highest BCUT2D eigenvalue weighted by Crippen LogP contribution is 2.12. The third kappa shape index (κ3) is 7.48. The summed E-state index contributed by atoms with van der Waals surface area (Å²) in [6, 6.07) is 0.669. The summed E-state index contributed by atoms with van der Waals surface area (Å²) in [4.78, 5) is 19.4. The molecule has 0 unspecified atom stereocenters. The van der Waals surface area contributed by atoms with Crippen LogP contribution in [-0.4, -0.2) is 65.5 Å². The number of urea groups is 1.